The molecule has 0 aliphatic heterocycles. The van der Waals surface area contributed by atoms with E-state index in [1.807, 2.05) is 30.3 Å². The zero-order valence-electron chi connectivity index (χ0n) is 48.0. The molecule has 13 rings (SSSR count). The van der Waals surface area contributed by atoms with Crippen LogP contribution in [0.25, 0.3) is 122 Å². The highest BCUT2D eigenvalue weighted by atomic mass is 19.4. The molecule has 0 atom stereocenters. The summed E-state index contributed by atoms with van der Waals surface area (Å²) in [6.45, 7) is 16.9. The second-order valence-corrected chi connectivity index (χ2v) is 23.0. The van der Waals surface area contributed by atoms with Crippen LogP contribution in [-0.4, -0.2) is 9.13 Å². The van der Waals surface area contributed by atoms with Crippen molar-refractivity contribution in [3.05, 3.63) is 261 Å². The van der Waals surface area contributed by atoms with E-state index < -0.39 is 11.7 Å². The van der Waals surface area contributed by atoms with Crippen molar-refractivity contribution in [2.24, 2.45) is 0 Å². The van der Waals surface area contributed by atoms with Gasteiger partial charge in [0.2, 0.25) is 0 Å². The van der Waals surface area contributed by atoms with Gasteiger partial charge in [-0.2, -0.15) is 23.7 Å². The van der Waals surface area contributed by atoms with Gasteiger partial charge in [-0.05, 0) is 196 Å². The minimum absolute atomic E-state index is 0.117. The van der Waals surface area contributed by atoms with Crippen molar-refractivity contribution in [3.8, 4) is 90.3 Å². The first-order valence-corrected chi connectivity index (χ1v) is 28.2. The third kappa shape index (κ3) is 9.38. The summed E-state index contributed by atoms with van der Waals surface area (Å²) >= 11 is 0. The number of nitriles is 2. The lowest BCUT2D eigenvalue weighted by molar-refractivity contribution is -0.137. The number of aryl methyl sites for hydroxylation is 8. The third-order valence-corrected chi connectivity index (χ3v) is 16.4. The summed E-state index contributed by atoms with van der Waals surface area (Å²) in [5.74, 6) is 0. The van der Waals surface area contributed by atoms with E-state index in [2.05, 4.69) is 228 Å². The van der Waals surface area contributed by atoms with Crippen molar-refractivity contribution in [1.29, 1.82) is 10.5 Å². The van der Waals surface area contributed by atoms with Gasteiger partial charge >= 0.3 is 6.18 Å². The molecule has 0 unspecified atom stereocenters. The second kappa shape index (κ2) is 20.3. The Bertz CT molecular complexity index is 4710. The van der Waals surface area contributed by atoms with E-state index in [-0.39, 0.29) is 5.56 Å². The van der Waals surface area contributed by atoms with Gasteiger partial charge in [0.25, 0.3) is 0 Å². The molecule has 0 saturated heterocycles. The van der Waals surface area contributed by atoms with Crippen molar-refractivity contribution >= 4 is 43.6 Å². The van der Waals surface area contributed by atoms with Gasteiger partial charge in [-0.1, -0.05) is 160 Å². The van der Waals surface area contributed by atoms with Crippen LogP contribution in [0.4, 0.5) is 13.2 Å². The Hall–Kier alpha value is -10.2. The first-order chi connectivity index (χ1) is 40.4. The van der Waals surface area contributed by atoms with Gasteiger partial charge in [0.15, 0.2) is 0 Å². The Morgan fingerprint density at radius 3 is 1.02 bits per heavy atom. The van der Waals surface area contributed by atoms with Gasteiger partial charge < -0.3 is 9.13 Å². The van der Waals surface area contributed by atoms with Gasteiger partial charge in [0, 0.05) is 32.7 Å². The zero-order chi connectivity index (χ0) is 58.5. The highest BCUT2D eigenvalue weighted by Gasteiger charge is 2.32. The number of halogens is 3. The molecule has 7 heteroatoms. The van der Waals surface area contributed by atoms with Crippen LogP contribution in [0.1, 0.15) is 61.2 Å². The predicted molar refractivity (Wildman–Crippen MR) is 340 cm³/mol. The first kappa shape index (κ1) is 53.1. The van der Waals surface area contributed by atoms with E-state index in [1.54, 1.807) is 0 Å². The fraction of sp³-hybridized carbons (Fsp3) is 0.117. The van der Waals surface area contributed by atoms with Crippen LogP contribution in [0.15, 0.2) is 200 Å². The van der Waals surface area contributed by atoms with Gasteiger partial charge in [-0.3, -0.25) is 0 Å². The number of aromatic nitrogens is 2. The number of nitrogens with zero attached hydrogens (tertiary/aromatic N) is 4. The largest absolute Gasteiger partial charge is 0.416 e. The smallest absolute Gasteiger partial charge is 0.309 e. The summed E-state index contributed by atoms with van der Waals surface area (Å²) in [6.07, 6.45) is -4.66. The van der Waals surface area contributed by atoms with Crippen molar-refractivity contribution in [2.45, 2.75) is 61.6 Å². The first-order valence-electron chi connectivity index (χ1n) is 28.2. The summed E-state index contributed by atoms with van der Waals surface area (Å²) in [4.78, 5) is 0. The maximum Gasteiger partial charge on any atom is 0.416 e. The molecule has 0 fully saturated rings. The monoisotopic (exact) mass is 1090 g/mol. The molecule has 0 N–H and O–H groups in total. The molecule has 0 spiro atoms. The van der Waals surface area contributed by atoms with Gasteiger partial charge in [-0.25, -0.2) is 0 Å². The van der Waals surface area contributed by atoms with Crippen molar-refractivity contribution < 1.29 is 13.2 Å². The molecule has 0 aliphatic rings. The van der Waals surface area contributed by atoms with Crippen molar-refractivity contribution in [3.63, 3.8) is 0 Å². The number of hydrogen-bond donors (Lipinski definition) is 0. The van der Waals surface area contributed by atoms with Gasteiger partial charge in [-0.15, -0.1) is 0 Å². The average Bonchev–Trinajstić information content (AvgIpc) is 1.73. The Balaban J connectivity index is 1.13. The average molecular weight is 1100 g/mol. The summed E-state index contributed by atoms with van der Waals surface area (Å²) in [7, 11) is 0. The molecule has 2 heterocycles. The molecular weight excluding hydrogens is 1040 g/mol. The summed E-state index contributed by atoms with van der Waals surface area (Å²) in [6, 6.07) is 72.5. The highest BCUT2D eigenvalue weighted by molar-refractivity contribution is 6.14. The molecule has 0 saturated carbocycles. The Morgan fingerprint density at radius 1 is 0.310 bits per heavy atom. The third-order valence-electron chi connectivity index (χ3n) is 16.4. The van der Waals surface area contributed by atoms with Crippen molar-refractivity contribution in [1.82, 2.24) is 9.13 Å². The number of benzene rings is 11. The van der Waals surface area contributed by atoms with Crippen LogP contribution in [0.2, 0.25) is 0 Å². The molecule has 84 heavy (non-hydrogen) atoms. The molecule has 2 aromatic heterocycles. The summed E-state index contributed by atoms with van der Waals surface area (Å²) in [5, 5.41) is 26.2. The maximum atomic E-state index is 14.3. The maximum absolute atomic E-state index is 14.3. The van der Waals surface area contributed by atoms with Crippen LogP contribution in [0.3, 0.4) is 0 Å². The van der Waals surface area contributed by atoms with Crippen LogP contribution in [0, 0.1) is 78.1 Å². The topological polar surface area (TPSA) is 57.4 Å². The van der Waals surface area contributed by atoms with E-state index in [1.165, 1.54) is 50.6 Å². The van der Waals surface area contributed by atoms with Crippen LogP contribution in [0.5, 0.6) is 0 Å². The lowest BCUT2D eigenvalue weighted by atomic mass is 9.91. The molecular formula is C77H57F3N4. The SMILES string of the molecule is Cc1cc(C)cc(-c2ccc3c(c2)c2cc(-c4cc(C)cc(C)c4)ccc2n3-c2ccc(-c3ccc(C(F)(F)F)cc3C#N)cc2-c2c(C#N)cccc2-n2c3ccc(-c4cc(C)cc(C)c4)cc3c3cc(-c4cc(C)cc(C)c4)ccc32)c1. The standard InChI is InChI=1S/C77H57F3N4/c1-44-24-45(2)29-58(28-44)52-12-19-70-65(37-52)66-38-53(59-30-46(3)25-47(4)31-59)13-20-71(66)83(70)74-23-16-56(64-18-17-63(77(78,79)80)36-62(64)43-82)41-69(74)76-57(42-81)10-9-11-75(76)84-72-21-14-54(60-32-48(5)26-49(6)33-60)39-67(72)68-40-55(15-22-73(68)84)61-34-50(7)27-51(8)35-61/h9-41H,1-8H3. The number of rotatable bonds is 8. The zero-order valence-corrected chi connectivity index (χ0v) is 48.0. The minimum Gasteiger partial charge on any atom is -0.309 e. The van der Waals surface area contributed by atoms with E-state index in [0.717, 1.165) is 112 Å². The molecule has 11 aromatic carbocycles. The normalized spacial score (nSPS) is 11.7. The molecule has 4 nitrogen and oxygen atoms in total. The molecule has 13 aromatic rings. The summed E-state index contributed by atoms with van der Waals surface area (Å²) < 4.78 is 47.5. The van der Waals surface area contributed by atoms with E-state index in [0.29, 0.717) is 27.8 Å². The van der Waals surface area contributed by atoms with Crippen molar-refractivity contribution in [2.75, 3.05) is 0 Å². The number of hydrogen-bond acceptors (Lipinski definition) is 2. The Kier molecular flexibility index (Phi) is 12.9. The Morgan fingerprint density at radius 2 is 0.667 bits per heavy atom. The van der Waals surface area contributed by atoms with Gasteiger partial charge in [0.1, 0.15) is 0 Å². The van der Waals surface area contributed by atoms with Crippen LogP contribution < -0.4 is 0 Å². The fourth-order valence-electron chi connectivity index (χ4n) is 13.1. The van der Waals surface area contributed by atoms with E-state index in [9.17, 15) is 23.7 Å². The molecule has 0 radical (unpaired) electrons. The molecule has 0 aliphatic carbocycles. The second-order valence-electron chi connectivity index (χ2n) is 23.0. The van der Waals surface area contributed by atoms with Gasteiger partial charge in [0.05, 0.1) is 62.3 Å². The number of alkyl halides is 3. The fourth-order valence-corrected chi connectivity index (χ4v) is 13.1. The van der Waals surface area contributed by atoms with Crippen LogP contribution >= 0.6 is 0 Å². The minimum atomic E-state index is -4.66. The lowest BCUT2D eigenvalue weighted by Gasteiger charge is -2.21. The predicted octanol–water partition coefficient (Wildman–Crippen LogP) is 21.1. The summed E-state index contributed by atoms with van der Waals surface area (Å²) in [5.41, 5.74) is 24.7. The Labute approximate surface area is 487 Å². The number of fused-ring (bicyclic) bond motifs is 6. The lowest BCUT2D eigenvalue weighted by Crippen LogP contribution is -2.06. The molecule has 0 bridgehead atoms. The van der Waals surface area contributed by atoms with E-state index >= 15 is 0 Å². The molecule has 0 amide bonds. The van der Waals surface area contributed by atoms with E-state index in [4.69, 9.17) is 0 Å². The highest BCUT2D eigenvalue weighted by Crippen LogP contribution is 2.47. The quantitative estimate of drug-likeness (QED) is 0.152. The molecule has 406 valence electrons. The van der Waals surface area contributed by atoms with Crippen LogP contribution in [-0.2, 0) is 6.18 Å².